The Balaban J connectivity index is 0.00000132. The van der Waals surface area contributed by atoms with E-state index in [1.54, 1.807) is 24.3 Å². The van der Waals surface area contributed by atoms with Crippen LogP contribution >= 0.6 is 0 Å². The Morgan fingerprint density at radius 3 is 0.609 bits per heavy atom. The van der Waals surface area contributed by atoms with Gasteiger partial charge in [0.25, 0.3) is 0 Å². The molecule has 69 heavy (non-hydrogen) atoms. The Kier molecular flexibility index (Phi) is 48.6. The van der Waals surface area contributed by atoms with Crippen LogP contribution in [0.15, 0.2) is 58.3 Å². The largest absolute Gasteiger partial charge is 2.00 e. The van der Waals surface area contributed by atoms with E-state index in [0.29, 0.717) is 24.0 Å². The zero-order chi connectivity index (χ0) is 49.5. The van der Waals surface area contributed by atoms with Gasteiger partial charge in [0.1, 0.15) is 20.2 Å². The third-order valence-corrected chi connectivity index (χ3v) is 16.0. The number of benzene rings is 2. The van der Waals surface area contributed by atoms with Crippen LogP contribution in [-0.4, -0.2) is 49.0 Å². The molecule has 0 aromatic heterocycles. The van der Waals surface area contributed by atoms with Crippen LogP contribution in [0.1, 0.15) is 307 Å². The molecule has 2 aromatic rings. The van der Waals surface area contributed by atoms with Crippen LogP contribution in [-0.2, 0) is 33.1 Å². The molecule has 0 atom stereocenters. The molecule has 0 bridgehead atoms. The summed E-state index contributed by atoms with van der Waals surface area (Å²) in [6.45, 7) is 4.57. The van der Waals surface area contributed by atoms with Crippen molar-refractivity contribution >= 4 is 43.3 Å². The van der Waals surface area contributed by atoms with Crippen LogP contribution in [0, 0.1) is 0 Å². The molecule has 0 saturated heterocycles. The smallest absolute Gasteiger partial charge is 0.744 e. The van der Waals surface area contributed by atoms with Gasteiger partial charge in [-0.15, -0.1) is 0 Å². The summed E-state index contributed by atoms with van der Waals surface area (Å²) in [6, 6.07) is 13.2. The van der Waals surface area contributed by atoms with Gasteiger partial charge in [-0.1, -0.05) is 320 Å². The van der Waals surface area contributed by atoms with E-state index in [1.165, 1.54) is 269 Å². The average molecular weight is 1010 g/mol. The van der Waals surface area contributed by atoms with Crippen LogP contribution in [0.5, 0.6) is 0 Å². The predicted molar refractivity (Wildman–Crippen MR) is 296 cm³/mol. The molecule has 0 saturated carbocycles. The first-order valence-corrected chi connectivity index (χ1v) is 32.0. The van der Waals surface area contributed by atoms with Crippen LogP contribution in [0.2, 0.25) is 0 Å². The second-order valence-corrected chi connectivity index (χ2v) is 23.2. The molecule has 0 fully saturated rings. The molecule has 2 aromatic carbocycles. The Bertz CT molecular complexity index is 1500. The van der Waals surface area contributed by atoms with Crippen LogP contribution in [0.3, 0.4) is 0 Å². The molecule has 2 rings (SSSR count). The van der Waals surface area contributed by atoms with Gasteiger partial charge in [0.15, 0.2) is 0 Å². The van der Waals surface area contributed by atoms with Gasteiger partial charge in [-0.2, -0.15) is 0 Å². The summed E-state index contributed by atoms with van der Waals surface area (Å²) in [4.78, 5) is -0.0861. The number of hydrogen-bond acceptors (Lipinski definition) is 6. The Labute approximate surface area is 445 Å². The molecule has 9 heteroatoms. The fraction of sp³-hybridized carbons (Fsp3) is 0.800. The number of rotatable bonds is 48. The minimum absolute atomic E-state index is 0. The molecular weight excluding hydrogens is 905 g/mol. The second kappa shape index (κ2) is 49.2. The molecule has 0 N–H and O–H groups in total. The SMILES string of the molecule is CCCCCCCCCCCCCCCCCCCCCCCCc1ccccc1S(=O)(=O)[O-].CCCCCCCCCCCCCCCCCCCCCCCCc1ccccc1S(=O)(=O)[O-].[Mg+2]. The molecule has 0 aliphatic heterocycles. The van der Waals surface area contributed by atoms with Crippen LogP contribution in [0.25, 0.3) is 0 Å². The van der Waals surface area contributed by atoms with Crippen molar-refractivity contribution in [1.82, 2.24) is 0 Å². The quantitative estimate of drug-likeness (QED) is 0.0370. The predicted octanol–water partition coefficient (Wildman–Crippen LogP) is 19.1. The minimum atomic E-state index is -4.36. The van der Waals surface area contributed by atoms with Crippen LogP contribution in [0.4, 0.5) is 0 Å². The topological polar surface area (TPSA) is 114 Å². The zero-order valence-corrected chi connectivity index (χ0v) is 48.2. The monoisotopic (exact) mass is 1010 g/mol. The van der Waals surface area contributed by atoms with Crippen molar-refractivity contribution in [3.05, 3.63) is 59.7 Å². The van der Waals surface area contributed by atoms with Gasteiger partial charge in [0, 0.05) is 0 Å². The van der Waals surface area contributed by atoms with Gasteiger partial charge >= 0.3 is 23.1 Å². The Hall–Kier alpha value is -0.974. The summed E-state index contributed by atoms with van der Waals surface area (Å²) in [5.74, 6) is 0. The van der Waals surface area contributed by atoms with E-state index in [4.69, 9.17) is 0 Å². The fourth-order valence-electron chi connectivity index (χ4n) is 9.76. The van der Waals surface area contributed by atoms with Gasteiger partial charge in [-0.25, -0.2) is 16.8 Å². The van der Waals surface area contributed by atoms with E-state index in [0.717, 1.165) is 25.7 Å². The van der Waals surface area contributed by atoms with Gasteiger partial charge in [-0.05, 0) is 48.9 Å². The zero-order valence-electron chi connectivity index (χ0n) is 45.1. The van der Waals surface area contributed by atoms with Crippen LogP contribution < -0.4 is 0 Å². The van der Waals surface area contributed by atoms with Crippen molar-refractivity contribution < 1.29 is 25.9 Å². The van der Waals surface area contributed by atoms with Crippen molar-refractivity contribution in [3.63, 3.8) is 0 Å². The fourth-order valence-corrected chi connectivity index (χ4v) is 11.2. The van der Waals surface area contributed by atoms with Crippen molar-refractivity contribution in [2.75, 3.05) is 0 Å². The van der Waals surface area contributed by atoms with E-state index in [9.17, 15) is 25.9 Å². The molecule has 0 aliphatic rings. The van der Waals surface area contributed by atoms with E-state index < -0.39 is 20.2 Å². The molecule has 0 unspecified atom stereocenters. The number of hydrogen-bond donors (Lipinski definition) is 0. The molecule has 6 nitrogen and oxygen atoms in total. The normalized spacial score (nSPS) is 11.7. The van der Waals surface area contributed by atoms with Gasteiger partial charge in [-0.3, -0.25) is 0 Å². The van der Waals surface area contributed by atoms with E-state index in [2.05, 4.69) is 13.8 Å². The molecule has 0 aliphatic carbocycles. The summed E-state index contributed by atoms with van der Waals surface area (Å²) in [6.07, 6.45) is 61.2. The van der Waals surface area contributed by atoms with E-state index in [1.807, 2.05) is 12.1 Å². The van der Waals surface area contributed by atoms with Crippen molar-refractivity contribution in [2.24, 2.45) is 0 Å². The summed E-state index contributed by atoms with van der Waals surface area (Å²) in [7, 11) is -8.72. The third-order valence-electron chi connectivity index (χ3n) is 14.1. The maximum Gasteiger partial charge on any atom is 2.00 e. The number of unbranched alkanes of at least 4 members (excludes halogenated alkanes) is 42. The van der Waals surface area contributed by atoms with Crippen molar-refractivity contribution in [1.29, 1.82) is 0 Å². The van der Waals surface area contributed by atoms with Gasteiger partial charge in [0.2, 0.25) is 0 Å². The minimum Gasteiger partial charge on any atom is -0.744 e. The maximum absolute atomic E-state index is 11.3. The molecular formula is C60H106MgO6S2. The Morgan fingerprint density at radius 1 is 0.275 bits per heavy atom. The molecule has 0 spiro atoms. The van der Waals surface area contributed by atoms with Gasteiger partial charge < -0.3 is 9.11 Å². The van der Waals surface area contributed by atoms with Crippen molar-refractivity contribution in [2.45, 2.75) is 319 Å². The molecule has 0 radical (unpaired) electrons. The third kappa shape index (κ3) is 43.2. The summed E-state index contributed by atoms with van der Waals surface area (Å²) >= 11 is 0. The summed E-state index contributed by atoms with van der Waals surface area (Å²) in [5.41, 5.74) is 1.34. The molecule has 396 valence electrons. The molecule has 0 amide bonds. The first kappa shape index (κ1) is 68.0. The maximum atomic E-state index is 11.3. The van der Waals surface area contributed by atoms with Crippen molar-refractivity contribution in [3.8, 4) is 0 Å². The van der Waals surface area contributed by atoms with Gasteiger partial charge in [0.05, 0.1) is 9.79 Å². The van der Waals surface area contributed by atoms with E-state index >= 15 is 0 Å². The Morgan fingerprint density at radius 2 is 0.435 bits per heavy atom. The summed E-state index contributed by atoms with van der Waals surface area (Å²) in [5, 5.41) is 0. The first-order chi connectivity index (χ1) is 33.1. The average Bonchev–Trinajstić information content (AvgIpc) is 3.32. The second-order valence-electron chi connectivity index (χ2n) is 20.5. The number of aryl methyl sites for hydroxylation is 2. The van der Waals surface area contributed by atoms with E-state index in [-0.39, 0.29) is 32.8 Å². The molecule has 0 heterocycles. The summed E-state index contributed by atoms with van der Waals surface area (Å²) < 4.78 is 67.9. The first-order valence-electron chi connectivity index (χ1n) is 29.2. The standard InChI is InChI=1S/2C30H54O3S.Mg/c2*1-2-3-4-5-6-7-8-9-10-11-12-13-14-15-16-17-18-19-20-21-22-23-26-29-27-24-25-28-30(29)34(31,32)33;/h2*24-25,27-28H,2-23,26H2,1H3,(H,31,32,33);/q;;+2/p-2.